The van der Waals surface area contributed by atoms with Crippen LogP contribution < -0.4 is 10.6 Å². The van der Waals surface area contributed by atoms with Gasteiger partial charge in [0.1, 0.15) is 6.04 Å². The fraction of sp³-hybridized carbons (Fsp3) is 0.690. The lowest BCUT2D eigenvalue weighted by atomic mass is 9.79. The van der Waals surface area contributed by atoms with Crippen molar-refractivity contribution in [2.24, 2.45) is 5.92 Å². The van der Waals surface area contributed by atoms with E-state index < -0.39 is 6.04 Å². The van der Waals surface area contributed by atoms with Crippen molar-refractivity contribution in [3.63, 3.8) is 0 Å². The van der Waals surface area contributed by atoms with Crippen molar-refractivity contribution in [2.75, 3.05) is 7.11 Å². The number of piperidine rings is 1. The lowest BCUT2D eigenvalue weighted by Gasteiger charge is -2.36. The van der Waals surface area contributed by atoms with Gasteiger partial charge in [-0.1, -0.05) is 25.0 Å². The zero-order valence-electron chi connectivity index (χ0n) is 21.6. The third kappa shape index (κ3) is 5.67. The summed E-state index contributed by atoms with van der Waals surface area (Å²) in [6.07, 6.45) is 14.5. The zero-order valence-corrected chi connectivity index (χ0v) is 21.6. The van der Waals surface area contributed by atoms with Crippen molar-refractivity contribution in [3.8, 4) is 0 Å². The van der Waals surface area contributed by atoms with Crippen LogP contribution >= 0.6 is 0 Å². The molecule has 5 rings (SSSR count). The van der Waals surface area contributed by atoms with Crippen LogP contribution in [0.1, 0.15) is 98.5 Å². The first kappa shape index (κ1) is 25.4. The van der Waals surface area contributed by atoms with E-state index in [0.29, 0.717) is 42.6 Å². The van der Waals surface area contributed by atoms with Gasteiger partial charge in [-0.3, -0.25) is 19.7 Å². The number of amides is 3. The largest absolute Gasteiger partial charge is 0.381 e. The summed E-state index contributed by atoms with van der Waals surface area (Å²) in [5.74, 6) is -0.0896. The highest BCUT2D eigenvalue weighted by Gasteiger charge is 2.39. The Balaban J connectivity index is 1.21. The van der Waals surface area contributed by atoms with Crippen LogP contribution in [0.25, 0.3) is 0 Å². The first-order chi connectivity index (χ1) is 17.5. The summed E-state index contributed by atoms with van der Waals surface area (Å²) in [6.45, 7) is 0.450. The predicted molar refractivity (Wildman–Crippen MR) is 137 cm³/mol. The minimum atomic E-state index is -0.555. The Morgan fingerprint density at radius 1 is 0.972 bits per heavy atom. The number of benzene rings is 1. The van der Waals surface area contributed by atoms with Gasteiger partial charge >= 0.3 is 0 Å². The van der Waals surface area contributed by atoms with Crippen LogP contribution in [0.4, 0.5) is 0 Å². The minimum Gasteiger partial charge on any atom is -0.381 e. The van der Waals surface area contributed by atoms with Gasteiger partial charge in [0.2, 0.25) is 11.8 Å². The Kier molecular flexibility index (Phi) is 8.06. The molecule has 2 saturated carbocycles. The maximum atomic E-state index is 13.0. The van der Waals surface area contributed by atoms with Crippen molar-refractivity contribution >= 4 is 17.7 Å². The Morgan fingerprint density at radius 3 is 2.50 bits per heavy atom. The molecule has 2 N–H and O–H groups in total. The van der Waals surface area contributed by atoms with E-state index in [4.69, 9.17) is 4.74 Å². The van der Waals surface area contributed by atoms with Crippen molar-refractivity contribution in [1.82, 2.24) is 15.5 Å². The quantitative estimate of drug-likeness (QED) is 0.585. The highest BCUT2D eigenvalue weighted by molar-refractivity contribution is 6.05. The maximum Gasteiger partial charge on any atom is 0.255 e. The summed E-state index contributed by atoms with van der Waals surface area (Å²) in [7, 11) is 1.84. The number of nitrogens with zero attached hydrogens (tertiary/aromatic N) is 1. The lowest BCUT2D eigenvalue weighted by molar-refractivity contribution is -0.136. The first-order valence-electron chi connectivity index (χ1n) is 14.1. The molecule has 1 aromatic rings. The van der Waals surface area contributed by atoms with Gasteiger partial charge in [0, 0.05) is 37.7 Å². The van der Waals surface area contributed by atoms with E-state index >= 15 is 0 Å². The van der Waals surface area contributed by atoms with Crippen LogP contribution in [0.2, 0.25) is 0 Å². The molecule has 3 amide bonds. The highest BCUT2D eigenvalue weighted by Crippen LogP contribution is 2.32. The summed E-state index contributed by atoms with van der Waals surface area (Å²) in [5, 5.41) is 6.46. The number of nitrogens with one attached hydrogen (secondary N) is 2. The smallest absolute Gasteiger partial charge is 0.255 e. The Labute approximate surface area is 214 Å². The first-order valence-corrected chi connectivity index (χ1v) is 14.1. The molecular formula is C29H41N3O4. The molecule has 7 heteroatoms. The number of carbonyl (C=O) groups excluding carboxylic acids is 3. The summed E-state index contributed by atoms with van der Waals surface area (Å²) in [6, 6.07) is 6.85. The van der Waals surface area contributed by atoms with Crippen LogP contribution in [-0.2, 0) is 27.3 Å². The fourth-order valence-electron chi connectivity index (χ4n) is 6.91. The number of methoxy groups -OCH3 is 1. The molecule has 3 atom stereocenters. The molecule has 1 aromatic carbocycles. The van der Waals surface area contributed by atoms with E-state index in [-0.39, 0.29) is 24.1 Å². The second-order valence-corrected chi connectivity index (χ2v) is 11.3. The topological polar surface area (TPSA) is 87.7 Å². The van der Waals surface area contributed by atoms with Crippen LogP contribution in [0, 0.1) is 5.92 Å². The normalized spacial score (nSPS) is 31.5. The SMILES string of the molecule is COC1CCCC(N[C@H]2CCCC[C@@H]2Cc2ccc3c(c2)CN(C2CCC(=O)NC2=O)C3=O)CCC1. The number of carbonyl (C=O) groups is 3. The zero-order chi connectivity index (χ0) is 25.1. The molecule has 3 fully saturated rings. The van der Waals surface area contributed by atoms with Crippen molar-refractivity contribution in [1.29, 1.82) is 0 Å². The van der Waals surface area contributed by atoms with E-state index in [1.165, 1.54) is 69.8 Å². The van der Waals surface area contributed by atoms with Gasteiger partial charge in [-0.25, -0.2) is 0 Å². The van der Waals surface area contributed by atoms with Gasteiger partial charge in [-0.15, -0.1) is 0 Å². The van der Waals surface area contributed by atoms with E-state index in [2.05, 4.69) is 22.8 Å². The molecular weight excluding hydrogens is 454 g/mol. The number of fused-ring (bicyclic) bond motifs is 1. The van der Waals surface area contributed by atoms with Gasteiger partial charge in [0.05, 0.1) is 6.10 Å². The van der Waals surface area contributed by atoms with E-state index in [9.17, 15) is 14.4 Å². The number of imide groups is 1. The van der Waals surface area contributed by atoms with Crippen LogP contribution in [-0.4, -0.2) is 54.0 Å². The predicted octanol–water partition coefficient (Wildman–Crippen LogP) is 3.88. The minimum absolute atomic E-state index is 0.0942. The third-order valence-corrected chi connectivity index (χ3v) is 8.94. The summed E-state index contributed by atoms with van der Waals surface area (Å²) in [5.41, 5.74) is 2.99. The van der Waals surface area contributed by atoms with Crippen molar-refractivity contribution in [2.45, 2.75) is 114 Å². The number of ether oxygens (including phenoxy) is 1. The summed E-state index contributed by atoms with van der Waals surface area (Å²) >= 11 is 0. The molecule has 0 aromatic heterocycles. The molecule has 2 heterocycles. The molecule has 0 spiro atoms. The Hall–Kier alpha value is -2.25. The molecule has 4 aliphatic rings. The standard InChI is InChI=1S/C29H41N3O4/c1-36-23-9-4-7-22(8-5-10-23)30-25-11-3-2-6-20(25)16-19-12-13-24-21(17-19)18-32(29(24)35)26-14-15-27(33)31-28(26)34/h12-13,17,20,22-23,25-26,30H,2-11,14-16,18H2,1H3,(H,31,33,34)/t20-,22?,23?,25+,26?/m1/s1. The average molecular weight is 496 g/mol. The van der Waals surface area contributed by atoms with Crippen LogP contribution in [0.3, 0.4) is 0 Å². The molecule has 1 saturated heterocycles. The van der Waals surface area contributed by atoms with Crippen molar-refractivity contribution in [3.05, 3.63) is 34.9 Å². The van der Waals surface area contributed by atoms with Gasteiger partial charge in [-0.2, -0.15) is 0 Å². The summed E-state index contributed by atoms with van der Waals surface area (Å²) in [4.78, 5) is 38.6. The summed E-state index contributed by atoms with van der Waals surface area (Å²) < 4.78 is 5.61. The highest BCUT2D eigenvalue weighted by atomic mass is 16.5. The van der Waals surface area contributed by atoms with E-state index in [1.54, 1.807) is 4.90 Å². The number of rotatable bonds is 6. The second kappa shape index (κ2) is 11.4. The maximum absolute atomic E-state index is 13.0. The third-order valence-electron chi connectivity index (χ3n) is 8.94. The lowest BCUT2D eigenvalue weighted by Crippen LogP contribution is -2.52. The molecule has 2 aliphatic heterocycles. The monoisotopic (exact) mass is 495 g/mol. The molecule has 196 valence electrons. The molecule has 0 radical (unpaired) electrons. The molecule has 1 unspecified atom stereocenters. The number of hydrogen-bond acceptors (Lipinski definition) is 5. The molecule has 2 aliphatic carbocycles. The van der Waals surface area contributed by atoms with Crippen LogP contribution in [0.15, 0.2) is 18.2 Å². The molecule has 7 nitrogen and oxygen atoms in total. The fourth-order valence-corrected chi connectivity index (χ4v) is 6.91. The second-order valence-electron chi connectivity index (χ2n) is 11.3. The van der Waals surface area contributed by atoms with Gasteiger partial charge in [0.25, 0.3) is 5.91 Å². The number of hydrogen-bond donors (Lipinski definition) is 2. The van der Waals surface area contributed by atoms with E-state index in [1.807, 2.05) is 13.2 Å². The Bertz CT molecular complexity index is 969. The van der Waals surface area contributed by atoms with Gasteiger partial charge in [-0.05, 0) is 87.3 Å². The van der Waals surface area contributed by atoms with Gasteiger partial charge < -0.3 is 15.0 Å². The molecule has 0 bridgehead atoms. The molecule has 36 heavy (non-hydrogen) atoms. The van der Waals surface area contributed by atoms with Gasteiger partial charge in [0.15, 0.2) is 0 Å². The van der Waals surface area contributed by atoms with E-state index in [0.717, 1.165) is 12.0 Å². The average Bonchev–Trinajstić information content (AvgIpc) is 3.17. The van der Waals surface area contributed by atoms with Crippen molar-refractivity contribution < 1.29 is 19.1 Å². The Morgan fingerprint density at radius 2 is 1.75 bits per heavy atom. The van der Waals surface area contributed by atoms with Crippen LogP contribution in [0.5, 0.6) is 0 Å².